The largest absolute Gasteiger partial charge is 0.489 e. The Labute approximate surface area is 246 Å². The third kappa shape index (κ3) is 6.52. The number of hydrogen-bond acceptors (Lipinski definition) is 8. The maximum Gasteiger partial charge on any atom is 0.400 e. The van der Waals surface area contributed by atoms with Crippen LogP contribution >= 0.6 is 11.3 Å². The monoisotopic (exact) mass is 617 g/mol. The molecule has 1 saturated carbocycles. The van der Waals surface area contributed by atoms with E-state index in [-0.39, 0.29) is 22.6 Å². The summed E-state index contributed by atoms with van der Waals surface area (Å²) in [4.78, 5) is 23.6. The molecule has 4 aromatic rings. The Bertz CT molecular complexity index is 1640. The van der Waals surface area contributed by atoms with Crippen LogP contribution in [0.2, 0.25) is 0 Å². The van der Waals surface area contributed by atoms with Gasteiger partial charge in [0.25, 0.3) is 5.56 Å². The number of nitrogens with one attached hydrogen (secondary N) is 2. The molecule has 8 nitrogen and oxygen atoms in total. The number of rotatable bonds is 8. The van der Waals surface area contributed by atoms with Crippen LogP contribution in [0.4, 0.5) is 24.8 Å². The van der Waals surface area contributed by atoms with Gasteiger partial charge in [-0.25, -0.2) is 4.98 Å². The van der Waals surface area contributed by atoms with E-state index in [4.69, 9.17) is 9.72 Å². The van der Waals surface area contributed by atoms with E-state index in [1.807, 2.05) is 24.3 Å². The van der Waals surface area contributed by atoms with E-state index in [9.17, 15) is 22.2 Å². The molecule has 0 spiro atoms. The second-order valence-electron chi connectivity index (χ2n) is 10.6. The molecule has 1 aliphatic heterocycles. The van der Waals surface area contributed by atoms with Gasteiger partial charge < -0.3 is 15.4 Å². The molecule has 222 valence electrons. The van der Waals surface area contributed by atoms with Crippen molar-refractivity contribution in [2.45, 2.75) is 61.7 Å². The molecule has 2 fully saturated rings. The lowest BCUT2D eigenvalue weighted by Crippen LogP contribution is -2.37. The van der Waals surface area contributed by atoms with Crippen molar-refractivity contribution in [3.05, 3.63) is 58.3 Å². The highest BCUT2D eigenvalue weighted by atomic mass is 32.2. The van der Waals surface area contributed by atoms with E-state index in [1.54, 1.807) is 16.8 Å². The molecule has 2 aliphatic rings. The summed E-state index contributed by atoms with van der Waals surface area (Å²) >= 11 is 1.11. The molecule has 13 heteroatoms. The van der Waals surface area contributed by atoms with Gasteiger partial charge in [0.1, 0.15) is 23.3 Å². The van der Waals surface area contributed by atoms with Crippen LogP contribution in [0.5, 0.6) is 5.75 Å². The molecule has 0 amide bonds. The number of piperidine rings is 1. The third-order valence-corrected chi connectivity index (χ3v) is 9.99. The van der Waals surface area contributed by atoms with Gasteiger partial charge in [-0.15, -0.1) is 11.3 Å². The molecule has 6 rings (SSSR count). The Kier molecular flexibility index (Phi) is 8.33. The molecule has 4 heterocycles. The van der Waals surface area contributed by atoms with Crippen molar-refractivity contribution in [3.8, 4) is 16.2 Å². The Balaban J connectivity index is 1.29. The van der Waals surface area contributed by atoms with Crippen molar-refractivity contribution in [2.75, 3.05) is 24.2 Å². The summed E-state index contributed by atoms with van der Waals surface area (Å²) in [6.45, 7) is 1.85. The number of alkyl halides is 3. The van der Waals surface area contributed by atoms with Crippen LogP contribution < -0.4 is 20.9 Å². The van der Waals surface area contributed by atoms with Crippen molar-refractivity contribution in [1.29, 1.82) is 0 Å². The maximum atomic E-state index is 13.9. The second kappa shape index (κ2) is 12.1. The SMILES string of the molecule is O=c1c(-c2cc(S(=O)CC(F)(F)F)cs2)cc2cnc(Nc3ccc(OC4CCCNC4)cc3)nc2n1C1CCCC1. The van der Waals surface area contributed by atoms with Crippen molar-refractivity contribution >= 4 is 44.8 Å². The van der Waals surface area contributed by atoms with Crippen molar-refractivity contribution in [3.63, 3.8) is 0 Å². The molecule has 2 unspecified atom stereocenters. The lowest BCUT2D eigenvalue weighted by molar-refractivity contribution is -0.105. The van der Waals surface area contributed by atoms with Gasteiger partial charge in [-0.2, -0.15) is 18.2 Å². The number of aromatic nitrogens is 3. The Morgan fingerprint density at radius 3 is 2.62 bits per heavy atom. The molecule has 0 radical (unpaired) electrons. The van der Waals surface area contributed by atoms with E-state index in [0.717, 1.165) is 74.4 Å². The minimum absolute atomic E-state index is 0.0489. The lowest BCUT2D eigenvalue weighted by Gasteiger charge is -2.24. The van der Waals surface area contributed by atoms with Gasteiger partial charge in [0.05, 0.1) is 21.3 Å². The minimum atomic E-state index is -4.54. The van der Waals surface area contributed by atoms with E-state index in [2.05, 4.69) is 15.6 Å². The van der Waals surface area contributed by atoms with E-state index >= 15 is 0 Å². The first kappa shape index (κ1) is 28.8. The molecule has 1 aromatic carbocycles. The summed E-state index contributed by atoms with van der Waals surface area (Å²) in [6, 6.07) is 10.6. The van der Waals surface area contributed by atoms with Crippen LogP contribution in [0.25, 0.3) is 21.5 Å². The maximum absolute atomic E-state index is 13.9. The van der Waals surface area contributed by atoms with Crippen LogP contribution in [0.3, 0.4) is 0 Å². The zero-order valence-corrected chi connectivity index (χ0v) is 24.3. The molecular weight excluding hydrogens is 587 g/mol. The molecule has 2 atom stereocenters. The zero-order chi connectivity index (χ0) is 29.3. The standard InChI is InChI=1S/C29H30F3N5O3S2/c30-29(31,32)17-42(39)23-13-25(41-16-23)24-12-18-14-34-28(36-26(18)37(27(24)38)20-4-1-2-5-20)35-19-7-9-21(10-8-19)40-22-6-3-11-33-15-22/h7-10,12-14,16,20,22,33H,1-6,11,15,17H2,(H,34,35,36). The first-order valence-electron chi connectivity index (χ1n) is 13.9. The second-order valence-corrected chi connectivity index (χ2v) is 13.0. The number of halogens is 3. The average Bonchev–Trinajstić information content (AvgIpc) is 3.67. The molecule has 3 aromatic heterocycles. The van der Waals surface area contributed by atoms with Crippen LogP contribution in [-0.2, 0) is 10.8 Å². The summed E-state index contributed by atoms with van der Waals surface area (Å²) in [5, 5.41) is 8.62. The van der Waals surface area contributed by atoms with E-state index < -0.39 is 22.7 Å². The molecule has 1 aliphatic carbocycles. The first-order valence-corrected chi connectivity index (χ1v) is 16.1. The first-order chi connectivity index (χ1) is 20.2. The lowest BCUT2D eigenvalue weighted by atomic mass is 10.1. The molecule has 0 bridgehead atoms. The number of pyridine rings is 1. The summed E-state index contributed by atoms with van der Waals surface area (Å²) in [5.74, 6) is -0.298. The summed E-state index contributed by atoms with van der Waals surface area (Å²) in [7, 11) is -2.24. The Hall–Kier alpha value is -3.29. The predicted octanol–water partition coefficient (Wildman–Crippen LogP) is 6.18. The van der Waals surface area contributed by atoms with Gasteiger partial charge in [-0.1, -0.05) is 12.8 Å². The van der Waals surface area contributed by atoms with Gasteiger partial charge in [0.2, 0.25) is 5.95 Å². The summed E-state index contributed by atoms with van der Waals surface area (Å²) < 4.78 is 58.4. The molecule has 2 N–H and O–H groups in total. The number of benzene rings is 1. The fourth-order valence-electron chi connectivity index (χ4n) is 5.53. The van der Waals surface area contributed by atoms with Crippen molar-refractivity contribution in [2.24, 2.45) is 0 Å². The number of hydrogen-bond donors (Lipinski definition) is 2. The fourth-order valence-corrected chi connectivity index (χ4v) is 7.67. The van der Waals surface area contributed by atoms with Crippen LogP contribution in [0.1, 0.15) is 44.6 Å². The van der Waals surface area contributed by atoms with Crippen molar-refractivity contribution in [1.82, 2.24) is 19.9 Å². The number of fused-ring (bicyclic) bond motifs is 1. The van der Waals surface area contributed by atoms with Gasteiger partial charge in [-0.05, 0) is 68.6 Å². The summed E-state index contributed by atoms with van der Waals surface area (Å²) in [5.41, 5.74) is 1.33. The third-order valence-electron chi connectivity index (χ3n) is 7.53. The van der Waals surface area contributed by atoms with Gasteiger partial charge in [0, 0.05) is 40.1 Å². The van der Waals surface area contributed by atoms with E-state index in [1.165, 1.54) is 11.4 Å². The van der Waals surface area contributed by atoms with E-state index in [0.29, 0.717) is 27.4 Å². The molecule has 42 heavy (non-hydrogen) atoms. The van der Waals surface area contributed by atoms with Crippen LogP contribution in [0.15, 0.2) is 57.7 Å². The normalized spacial score (nSPS) is 18.8. The fraction of sp³-hybridized carbons (Fsp3) is 0.414. The number of ether oxygens (including phenoxy) is 1. The summed E-state index contributed by atoms with van der Waals surface area (Å²) in [6.07, 6.45) is 3.00. The number of anilines is 2. The van der Waals surface area contributed by atoms with Crippen LogP contribution in [-0.4, -0.2) is 49.9 Å². The van der Waals surface area contributed by atoms with Gasteiger partial charge in [0.15, 0.2) is 0 Å². The molecular formula is C29H30F3N5O3S2. The molecule has 1 saturated heterocycles. The highest BCUT2D eigenvalue weighted by Gasteiger charge is 2.32. The highest BCUT2D eigenvalue weighted by molar-refractivity contribution is 7.85. The Morgan fingerprint density at radius 2 is 1.90 bits per heavy atom. The predicted molar refractivity (Wildman–Crippen MR) is 158 cm³/mol. The minimum Gasteiger partial charge on any atom is -0.489 e. The zero-order valence-electron chi connectivity index (χ0n) is 22.7. The topological polar surface area (TPSA) is 98.1 Å². The van der Waals surface area contributed by atoms with Gasteiger partial charge in [-0.3, -0.25) is 13.6 Å². The van der Waals surface area contributed by atoms with Gasteiger partial charge >= 0.3 is 6.18 Å². The smallest absolute Gasteiger partial charge is 0.400 e. The number of nitrogens with zero attached hydrogens (tertiary/aromatic N) is 3. The number of thiophene rings is 1. The van der Waals surface area contributed by atoms with Crippen molar-refractivity contribution < 1.29 is 22.1 Å². The average molecular weight is 618 g/mol. The highest BCUT2D eigenvalue weighted by Crippen LogP contribution is 2.34. The quantitative estimate of drug-likeness (QED) is 0.244. The van der Waals surface area contributed by atoms with Crippen LogP contribution in [0, 0.1) is 0 Å². The Morgan fingerprint density at radius 1 is 1.12 bits per heavy atom.